The summed E-state index contributed by atoms with van der Waals surface area (Å²) in [6, 6.07) is -1.22. The van der Waals surface area contributed by atoms with Gasteiger partial charge < -0.3 is 20.1 Å². The van der Waals surface area contributed by atoms with E-state index in [2.05, 4.69) is 5.32 Å². The Hall–Kier alpha value is -1.30. The number of hydrogen-bond acceptors (Lipinski definition) is 3. The molecule has 17 heavy (non-hydrogen) atoms. The maximum atomic E-state index is 11.8. The largest absolute Gasteiger partial charge is 0.480 e. The van der Waals surface area contributed by atoms with Crippen LogP contribution in [0, 0.1) is 0 Å². The van der Waals surface area contributed by atoms with Crippen LogP contribution in [0.4, 0.5) is 4.79 Å². The van der Waals surface area contributed by atoms with Crippen molar-refractivity contribution in [2.75, 3.05) is 20.2 Å². The van der Waals surface area contributed by atoms with E-state index in [0.717, 1.165) is 12.8 Å². The molecule has 98 valence electrons. The van der Waals surface area contributed by atoms with Gasteiger partial charge in [-0.05, 0) is 26.7 Å². The van der Waals surface area contributed by atoms with Crippen molar-refractivity contribution in [3.63, 3.8) is 0 Å². The highest BCUT2D eigenvalue weighted by Gasteiger charge is 2.33. The number of carbonyl (C=O) groups excluding carboxylic acids is 1. The van der Waals surface area contributed by atoms with E-state index >= 15 is 0 Å². The van der Waals surface area contributed by atoms with Gasteiger partial charge in [0.25, 0.3) is 0 Å². The number of nitrogens with zero attached hydrogens (tertiary/aromatic N) is 1. The molecule has 0 aliphatic carbocycles. The number of aliphatic carboxylic acids is 1. The van der Waals surface area contributed by atoms with Crippen LogP contribution in [0.3, 0.4) is 0 Å². The van der Waals surface area contributed by atoms with Gasteiger partial charge in [0.15, 0.2) is 0 Å². The minimum atomic E-state index is -1.04. The number of urea groups is 1. The highest BCUT2D eigenvalue weighted by molar-refractivity contribution is 5.82. The van der Waals surface area contributed by atoms with Crippen molar-refractivity contribution in [3.8, 4) is 0 Å². The number of methoxy groups -OCH3 is 1. The van der Waals surface area contributed by atoms with Crippen LogP contribution in [0.25, 0.3) is 0 Å². The number of amides is 2. The van der Waals surface area contributed by atoms with E-state index < -0.39 is 12.0 Å². The van der Waals surface area contributed by atoms with Gasteiger partial charge >= 0.3 is 12.0 Å². The Morgan fingerprint density at radius 1 is 1.53 bits per heavy atom. The van der Waals surface area contributed by atoms with Crippen molar-refractivity contribution >= 4 is 12.0 Å². The fourth-order valence-electron chi connectivity index (χ4n) is 1.88. The molecule has 1 heterocycles. The van der Waals surface area contributed by atoms with Crippen LogP contribution in [-0.4, -0.2) is 53.8 Å². The van der Waals surface area contributed by atoms with Crippen LogP contribution in [0.5, 0.6) is 0 Å². The van der Waals surface area contributed by atoms with Crippen LogP contribution in [0.2, 0.25) is 0 Å². The number of carboxylic acid groups (broad SMARTS) is 1. The minimum absolute atomic E-state index is 0.331. The minimum Gasteiger partial charge on any atom is -0.480 e. The molecule has 0 saturated carbocycles. The van der Waals surface area contributed by atoms with Gasteiger partial charge in [0.05, 0.1) is 12.1 Å². The van der Waals surface area contributed by atoms with E-state index in [4.69, 9.17) is 9.84 Å². The second-order valence-electron chi connectivity index (χ2n) is 4.69. The highest BCUT2D eigenvalue weighted by Crippen LogP contribution is 2.23. The van der Waals surface area contributed by atoms with Crippen molar-refractivity contribution in [1.82, 2.24) is 10.2 Å². The van der Waals surface area contributed by atoms with E-state index in [9.17, 15) is 9.59 Å². The molecule has 0 radical (unpaired) electrons. The van der Waals surface area contributed by atoms with Crippen LogP contribution >= 0.6 is 0 Å². The first-order chi connectivity index (χ1) is 7.88. The lowest BCUT2D eigenvalue weighted by Gasteiger charge is -2.39. The molecule has 0 aromatic heterocycles. The molecule has 1 unspecified atom stereocenters. The second-order valence-corrected chi connectivity index (χ2v) is 4.69. The molecule has 1 aliphatic rings. The summed E-state index contributed by atoms with van der Waals surface area (Å²) in [6.45, 7) is 4.52. The Morgan fingerprint density at radius 3 is 2.71 bits per heavy atom. The molecule has 0 aromatic rings. The van der Waals surface area contributed by atoms with Crippen molar-refractivity contribution < 1.29 is 19.4 Å². The summed E-state index contributed by atoms with van der Waals surface area (Å²) in [6.07, 6.45) is 1.76. The lowest BCUT2D eigenvalue weighted by Crippen LogP contribution is -2.54. The van der Waals surface area contributed by atoms with E-state index in [1.165, 1.54) is 6.92 Å². The molecule has 6 nitrogen and oxygen atoms in total. The van der Waals surface area contributed by atoms with Gasteiger partial charge in [-0.15, -0.1) is 0 Å². The first-order valence-corrected chi connectivity index (χ1v) is 5.71. The molecule has 0 spiro atoms. The molecule has 1 saturated heterocycles. The molecular weight excluding hydrogens is 224 g/mol. The van der Waals surface area contributed by atoms with E-state index in [1.54, 1.807) is 12.0 Å². The molecule has 2 atom stereocenters. The van der Waals surface area contributed by atoms with Crippen LogP contribution in [-0.2, 0) is 9.53 Å². The Labute approximate surface area is 101 Å². The van der Waals surface area contributed by atoms with Crippen LogP contribution in [0.1, 0.15) is 26.7 Å². The van der Waals surface area contributed by atoms with E-state index in [-0.39, 0.29) is 11.6 Å². The first kappa shape index (κ1) is 13.8. The number of likely N-dealkylation sites (tertiary alicyclic amines) is 1. The highest BCUT2D eigenvalue weighted by atomic mass is 16.5. The summed E-state index contributed by atoms with van der Waals surface area (Å²) in [5.74, 6) is -1.04. The predicted octanol–water partition coefficient (Wildman–Crippen LogP) is 0.670. The quantitative estimate of drug-likeness (QED) is 0.764. The van der Waals surface area contributed by atoms with E-state index in [0.29, 0.717) is 13.1 Å². The van der Waals surface area contributed by atoms with Crippen molar-refractivity contribution in [3.05, 3.63) is 0 Å². The maximum absolute atomic E-state index is 11.8. The number of piperidine rings is 1. The fraction of sp³-hybridized carbons (Fsp3) is 0.818. The van der Waals surface area contributed by atoms with E-state index in [1.807, 2.05) is 6.92 Å². The van der Waals surface area contributed by atoms with Crippen molar-refractivity contribution in [1.29, 1.82) is 0 Å². The lowest BCUT2D eigenvalue weighted by molar-refractivity contribution is -0.138. The number of hydrogen-bond donors (Lipinski definition) is 2. The Bertz CT molecular complexity index is 308. The summed E-state index contributed by atoms with van der Waals surface area (Å²) in [7, 11) is 1.63. The summed E-state index contributed by atoms with van der Waals surface area (Å²) in [4.78, 5) is 24.1. The summed E-state index contributed by atoms with van der Waals surface area (Å²) >= 11 is 0. The summed E-state index contributed by atoms with van der Waals surface area (Å²) < 4.78 is 5.37. The normalized spacial score (nSPS) is 26.4. The van der Waals surface area contributed by atoms with Crippen molar-refractivity contribution in [2.45, 2.75) is 38.3 Å². The number of carbonyl (C=O) groups is 2. The number of nitrogens with one attached hydrogen (secondary N) is 1. The average Bonchev–Trinajstić information content (AvgIpc) is 2.29. The van der Waals surface area contributed by atoms with Gasteiger partial charge in [-0.25, -0.2) is 4.79 Å². The zero-order valence-corrected chi connectivity index (χ0v) is 10.5. The van der Waals surface area contributed by atoms with Gasteiger partial charge in [0, 0.05) is 13.7 Å². The molecule has 1 rings (SSSR count). The fourth-order valence-corrected chi connectivity index (χ4v) is 1.88. The second kappa shape index (κ2) is 5.35. The molecule has 6 heteroatoms. The Morgan fingerprint density at radius 2 is 2.18 bits per heavy atom. The topological polar surface area (TPSA) is 78.9 Å². The third-order valence-electron chi connectivity index (χ3n) is 3.15. The molecule has 2 amide bonds. The van der Waals surface area contributed by atoms with Gasteiger partial charge in [0.2, 0.25) is 0 Å². The lowest BCUT2D eigenvalue weighted by atomic mass is 9.95. The van der Waals surface area contributed by atoms with Crippen LogP contribution < -0.4 is 5.32 Å². The molecule has 0 aromatic carbocycles. The Kier molecular flexibility index (Phi) is 4.34. The smallest absolute Gasteiger partial charge is 0.325 e. The van der Waals surface area contributed by atoms with Gasteiger partial charge in [-0.2, -0.15) is 0 Å². The monoisotopic (exact) mass is 244 g/mol. The standard InChI is InChI=1S/C11H20N2O4/c1-8(9(14)15)12-10(16)13-6-4-5-11(2,7-13)17-3/h8H,4-7H2,1-3H3,(H,12,16)(H,14,15)/t8-,11?/m1/s1. The van der Waals surface area contributed by atoms with Gasteiger partial charge in [-0.1, -0.05) is 0 Å². The van der Waals surface area contributed by atoms with Gasteiger partial charge in [-0.3, -0.25) is 4.79 Å². The molecule has 2 N–H and O–H groups in total. The van der Waals surface area contributed by atoms with Crippen molar-refractivity contribution in [2.24, 2.45) is 0 Å². The maximum Gasteiger partial charge on any atom is 0.325 e. The van der Waals surface area contributed by atoms with Crippen LogP contribution in [0.15, 0.2) is 0 Å². The summed E-state index contributed by atoms with van der Waals surface area (Å²) in [5.41, 5.74) is -0.331. The third kappa shape index (κ3) is 3.59. The predicted molar refractivity (Wildman–Crippen MR) is 61.9 cm³/mol. The molecule has 0 bridgehead atoms. The zero-order chi connectivity index (χ0) is 13.1. The number of rotatable bonds is 3. The zero-order valence-electron chi connectivity index (χ0n) is 10.5. The number of carboxylic acids is 1. The molecular formula is C11H20N2O4. The molecule has 1 aliphatic heterocycles. The first-order valence-electron chi connectivity index (χ1n) is 5.71. The van der Waals surface area contributed by atoms with Gasteiger partial charge in [0.1, 0.15) is 6.04 Å². The Balaban J connectivity index is 2.55. The SMILES string of the molecule is COC1(C)CCCN(C(=O)N[C@H](C)C(=O)O)C1. The third-order valence-corrected chi connectivity index (χ3v) is 3.15. The molecule has 1 fully saturated rings. The average molecular weight is 244 g/mol. The number of ether oxygens (including phenoxy) is 1. The summed E-state index contributed by atoms with van der Waals surface area (Å²) in [5, 5.41) is 11.2.